The molecule has 2 aromatic rings. The maximum Gasteiger partial charge on any atom is 0.224 e. The number of carbonyl (C=O) groups is 1. The normalized spacial score (nSPS) is 19.3. The van der Waals surface area contributed by atoms with E-state index in [2.05, 4.69) is 21.5 Å². The number of rotatable bonds is 6. The Labute approximate surface area is 154 Å². The third kappa shape index (κ3) is 4.53. The van der Waals surface area contributed by atoms with Gasteiger partial charge in [0.2, 0.25) is 5.91 Å². The standard InChI is InChI=1S/C20H26N4O2/c1-3-4-20(26)21-15-7-10-17(13(2)11-15)22-19-12-18(23-24-19)14-5-8-16(25)9-6-14/h5-11,18-19,22-25H,3-4,12H2,1-2H3,(H,21,26). The van der Waals surface area contributed by atoms with E-state index in [1.165, 1.54) is 0 Å². The summed E-state index contributed by atoms with van der Waals surface area (Å²) < 4.78 is 0. The average molecular weight is 354 g/mol. The summed E-state index contributed by atoms with van der Waals surface area (Å²) in [6, 6.07) is 13.3. The number of carbonyl (C=O) groups excluding carboxylic acids is 1. The number of hydrazine groups is 1. The third-order valence-electron chi connectivity index (χ3n) is 4.52. The largest absolute Gasteiger partial charge is 0.508 e. The van der Waals surface area contributed by atoms with Crippen molar-refractivity contribution < 1.29 is 9.90 Å². The van der Waals surface area contributed by atoms with Gasteiger partial charge in [-0.15, -0.1) is 0 Å². The van der Waals surface area contributed by atoms with E-state index in [9.17, 15) is 9.90 Å². The first-order valence-corrected chi connectivity index (χ1v) is 9.02. The van der Waals surface area contributed by atoms with E-state index in [1.807, 2.05) is 44.2 Å². The number of anilines is 2. The van der Waals surface area contributed by atoms with Gasteiger partial charge >= 0.3 is 0 Å². The molecule has 2 unspecified atom stereocenters. The highest BCUT2D eigenvalue weighted by Gasteiger charge is 2.25. The minimum absolute atomic E-state index is 0.0472. The first-order valence-electron chi connectivity index (χ1n) is 9.02. The number of phenolic OH excluding ortho intramolecular Hbond substituents is 1. The summed E-state index contributed by atoms with van der Waals surface area (Å²) in [5.41, 5.74) is 10.6. The highest BCUT2D eigenvalue weighted by Crippen LogP contribution is 2.26. The fourth-order valence-corrected chi connectivity index (χ4v) is 3.12. The molecule has 1 heterocycles. The van der Waals surface area contributed by atoms with Crippen molar-refractivity contribution in [3.8, 4) is 5.75 Å². The molecule has 1 aliphatic heterocycles. The molecule has 5 N–H and O–H groups in total. The van der Waals surface area contributed by atoms with Crippen LogP contribution >= 0.6 is 0 Å². The first kappa shape index (κ1) is 18.2. The van der Waals surface area contributed by atoms with Gasteiger partial charge in [0.1, 0.15) is 5.75 Å². The van der Waals surface area contributed by atoms with Crippen LogP contribution in [-0.2, 0) is 4.79 Å². The van der Waals surface area contributed by atoms with E-state index in [4.69, 9.17) is 0 Å². The highest BCUT2D eigenvalue weighted by atomic mass is 16.3. The second kappa shape index (κ2) is 8.21. The summed E-state index contributed by atoms with van der Waals surface area (Å²) in [4.78, 5) is 11.7. The molecule has 26 heavy (non-hydrogen) atoms. The number of hydrogen-bond acceptors (Lipinski definition) is 5. The minimum Gasteiger partial charge on any atom is -0.508 e. The Balaban J connectivity index is 1.59. The molecule has 138 valence electrons. The van der Waals surface area contributed by atoms with E-state index in [0.717, 1.165) is 35.3 Å². The molecule has 1 saturated heterocycles. The molecule has 1 amide bonds. The van der Waals surface area contributed by atoms with Crippen molar-refractivity contribution in [2.45, 2.75) is 45.3 Å². The Hall–Kier alpha value is -2.57. The highest BCUT2D eigenvalue weighted by molar-refractivity contribution is 5.91. The lowest BCUT2D eigenvalue weighted by Crippen LogP contribution is -2.36. The first-order chi connectivity index (χ1) is 12.5. The fourth-order valence-electron chi connectivity index (χ4n) is 3.12. The van der Waals surface area contributed by atoms with E-state index in [1.54, 1.807) is 12.1 Å². The predicted octanol–water partition coefficient (Wildman–Crippen LogP) is 3.42. The summed E-state index contributed by atoms with van der Waals surface area (Å²) in [6.45, 7) is 4.02. The second-order valence-electron chi connectivity index (χ2n) is 6.69. The predicted molar refractivity (Wildman–Crippen MR) is 104 cm³/mol. The van der Waals surface area contributed by atoms with Gasteiger partial charge in [-0.25, -0.2) is 10.9 Å². The molecule has 1 aliphatic rings. The van der Waals surface area contributed by atoms with Crippen LogP contribution in [0.2, 0.25) is 0 Å². The van der Waals surface area contributed by atoms with Crippen molar-refractivity contribution in [2.75, 3.05) is 10.6 Å². The van der Waals surface area contributed by atoms with Crippen LogP contribution in [-0.4, -0.2) is 17.2 Å². The van der Waals surface area contributed by atoms with E-state index >= 15 is 0 Å². The molecule has 0 bridgehead atoms. The summed E-state index contributed by atoms with van der Waals surface area (Å²) in [5.74, 6) is 0.321. The quantitative estimate of drug-likeness (QED) is 0.549. The number of amides is 1. The molecule has 2 aromatic carbocycles. The van der Waals surface area contributed by atoms with E-state index < -0.39 is 0 Å². The van der Waals surface area contributed by atoms with Gasteiger partial charge in [0.25, 0.3) is 0 Å². The van der Waals surface area contributed by atoms with Crippen LogP contribution in [0.4, 0.5) is 11.4 Å². The number of aryl methyl sites for hydroxylation is 1. The summed E-state index contributed by atoms with van der Waals surface area (Å²) >= 11 is 0. The summed E-state index contributed by atoms with van der Waals surface area (Å²) in [5, 5.41) is 15.8. The van der Waals surface area contributed by atoms with Gasteiger partial charge in [0, 0.05) is 30.3 Å². The molecule has 6 nitrogen and oxygen atoms in total. The Bertz CT molecular complexity index is 761. The van der Waals surface area contributed by atoms with E-state index in [0.29, 0.717) is 6.42 Å². The average Bonchev–Trinajstić information content (AvgIpc) is 3.07. The summed E-state index contributed by atoms with van der Waals surface area (Å²) in [7, 11) is 0. The molecule has 0 aliphatic carbocycles. The zero-order chi connectivity index (χ0) is 18.5. The SMILES string of the molecule is CCCC(=O)Nc1ccc(NC2CC(c3ccc(O)cc3)NN2)c(C)c1. The number of benzene rings is 2. The van der Waals surface area contributed by atoms with E-state index in [-0.39, 0.29) is 23.9 Å². The van der Waals surface area contributed by atoms with Crippen LogP contribution in [0, 0.1) is 6.92 Å². The van der Waals surface area contributed by atoms with Crippen LogP contribution < -0.4 is 21.5 Å². The smallest absolute Gasteiger partial charge is 0.224 e. The lowest BCUT2D eigenvalue weighted by molar-refractivity contribution is -0.116. The zero-order valence-electron chi connectivity index (χ0n) is 15.2. The molecular weight excluding hydrogens is 328 g/mol. The van der Waals surface area contributed by atoms with Crippen LogP contribution in [0.25, 0.3) is 0 Å². The Morgan fingerprint density at radius 1 is 1.19 bits per heavy atom. The Morgan fingerprint density at radius 2 is 1.96 bits per heavy atom. The lowest BCUT2D eigenvalue weighted by Gasteiger charge is -2.17. The van der Waals surface area contributed by atoms with Gasteiger partial charge < -0.3 is 15.7 Å². The van der Waals surface area contributed by atoms with Crippen molar-refractivity contribution in [1.82, 2.24) is 10.9 Å². The summed E-state index contributed by atoms with van der Waals surface area (Å²) in [6.07, 6.45) is 2.34. The van der Waals surface area contributed by atoms with Gasteiger partial charge in [-0.2, -0.15) is 0 Å². The van der Waals surface area contributed by atoms with Gasteiger partial charge in [0.05, 0.1) is 6.17 Å². The maximum absolute atomic E-state index is 11.7. The second-order valence-corrected chi connectivity index (χ2v) is 6.69. The van der Waals surface area contributed by atoms with Gasteiger partial charge in [-0.3, -0.25) is 4.79 Å². The number of hydrogen-bond donors (Lipinski definition) is 5. The lowest BCUT2D eigenvalue weighted by atomic mass is 10.0. The van der Waals surface area contributed by atoms with Gasteiger partial charge in [-0.1, -0.05) is 19.1 Å². The molecule has 0 saturated carbocycles. The topological polar surface area (TPSA) is 85.4 Å². The van der Waals surface area contributed by atoms with Crippen LogP contribution in [0.3, 0.4) is 0 Å². The van der Waals surface area contributed by atoms with Crippen molar-refractivity contribution >= 4 is 17.3 Å². The zero-order valence-corrected chi connectivity index (χ0v) is 15.2. The monoisotopic (exact) mass is 354 g/mol. The Kier molecular flexibility index (Phi) is 5.75. The molecule has 1 fully saturated rings. The van der Waals surface area contributed by atoms with Crippen LogP contribution in [0.15, 0.2) is 42.5 Å². The molecular formula is C20H26N4O2. The number of nitrogens with one attached hydrogen (secondary N) is 4. The molecule has 0 aromatic heterocycles. The number of aromatic hydroxyl groups is 1. The van der Waals surface area contributed by atoms with Gasteiger partial charge in [-0.05, 0) is 54.8 Å². The maximum atomic E-state index is 11.7. The number of phenols is 1. The van der Waals surface area contributed by atoms with Crippen LogP contribution in [0.5, 0.6) is 5.75 Å². The Morgan fingerprint density at radius 3 is 2.65 bits per heavy atom. The fraction of sp³-hybridized carbons (Fsp3) is 0.350. The van der Waals surface area contributed by atoms with Crippen molar-refractivity contribution in [1.29, 1.82) is 0 Å². The van der Waals surface area contributed by atoms with Crippen molar-refractivity contribution in [3.63, 3.8) is 0 Å². The van der Waals surface area contributed by atoms with Crippen molar-refractivity contribution in [2.24, 2.45) is 0 Å². The molecule has 2 atom stereocenters. The van der Waals surface area contributed by atoms with Crippen LogP contribution in [0.1, 0.15) is 43.4 Å². The molecule has 3 rings (SSSR count). The molecule has 6 heteroatoms. The molecule has 0 spiro atoms. The third-order valence-corrected chi connectivity index (χ3v) is 4.52. The van der Waals surface area contributed by atoms with Gasteiger partial charge in [0.15, 0.2) is 0 Å². The molecule has 0 radical (unpaired) electrons. The minimum atomic E-state index is 0.0472. The van der Waals surface area contributed by atoms with Crippen molar-refractivity contribution in [3.05, 3.63) is 53.6 Å².